The minimum absolute atomic E-state index is 0.140. The van der Waals surface area contributed by atoms with Crippen LogP contribution < -0.4 is 4.90 Å². The molecule has 1 aliphatic carbocycles. The molecule has 0 amide bonds. The summed E-state index contributed by atoms with van der Waals surface area (Å²) in [6.45, 7) is 2.19. The predicted octanol–water partition coefficient (Wildman–Crippen LogP) is 0.813. The van der Waals surface area contributed by atoms with Crippen LogP contribution in [0.5, 0.6) is 0 Å². The molecule has 0 unspecified atom stereocenters. The molecule has 2 aliphatic rings. The van der Waals surface area contributed by atoms with E-state index in [1.807, 2.05) is 12.1 Å². The van der Waals surface area contributed by atoms with E-state index < -0.39 is 10.0 Å². The molecule has 1 saturated carbocycles. The maximum atomic E-state index is 12.1. The summed E-state index contributed by atoms with van der Waals surface area (Å²) in [5, 5.41) is 8.60. The SMILES string of the molecule is CN(CC1CN(c2ccc(C#N)cn2)C1)S(=O)(=O)C1CC1. The van der Waals surface area contributed by atoms with Gasteiger partial charge >= 0.3 is 0 Å². The molecule has 1 aliphatic heterocycles. The molecule has 6 nitrogen and oxygen atoms in total. The first-order chi connectivity index (χ1) is 10.0. The molecule has 0 radical (unpaired) electrons. The first kappa shape index (κ1) is 14.3. The highest BCUT2D eigenvalue weighted by Gasteiger charge is 2.40. The number of hydrogen-bond acceptors (Lipinski definition) is 5. The van der Waals surface area contributed by atoms with Crippen molar-refractivity contribution in [2.45, 2.75) is 18.1 Å². The second-order valence-corrected chi connectivity index (χ2v) is 8.13. The maximum absolute atomic E-state index is 12.1. The van der Waals surface area contributed by atoms with E-state index in [9.17, 15) is 8.42 Å². The molecular weight excluding hydrogens is 288 g/mol. The number of sulfonamides is 1. The van der Waals surface area contributed by atoms with Crippen LogP contribution in [0.3, 0.4) is 0 Å². The third-order valence-electron chi connectivity index (χ3n) is 4.05. The van der Waals surface area contributed by atoms with Crippen molar-refractivity contribution >= 4 is 15.8 Å². The molecule has 0 atom stereocenters. The molecular formula is C14H18N4O2S. The second kappa shape index (κ2) is 5.28. The molecule has 1 aromatic heterocycles. The van der Waals surface area contributed by atoms with Crippen molar-refractivity contribution in [3.63, 3.8) is 0 Å². The lowest BCUT2D eigenvalue weighted by Gasteiger charge is -2.41. The van der Waals surface area contributed by atoms with Gasteiger partial charge in [-0.2, -0.15) is 5.26 Å². The van der Waals surface area contributed by atoms with Gasteiger partial charge in [-0.25, -0.2) is 17.7 Å². The van der Waals surface area contributed by atoms with E-state index in [2.05, 4.69) is 9.88 Å². The maximum Gasteiger partial charge on any atom is 0.216 e. The summed E-state index contributed by atoms with van der Waals surface area (Å²) < 4.78 is 25.6. The van der Waals surface area contributed by atoms with Gasteiger partial charge in [0.25, 0.3) is 0 Å². The van der Waals surface area contributed by atoms with Crippen LogP contribution >= 0.6 is 0 Å². The Labute approximate surface area is 125 Å². The van der Waals surface area contributed by atoms with Gasteiger partial charge in [0.1, 0.15) is 11.9 Å². The van der Waals surface area contributed by atoms with Crippen molar-refractivity contribution in [3.8, 4) is 6.07 Å². The number of hydrogen-bond donors (Lipinski definition) is 0. The largest absolute Gasteiger partial charge is 0.356 e. The molecule has 0 spiro atoms. The first-order valence-electron chi connectivity index (χ1n) is 7.07. The van der Waals surface area contributed by atoms with Gasteiger partial charge in [-0.05, 0) is 25.0 Å². The van der Waals surface area contributed by atoms with Gasteiger partial charge in [-0.15, -0.1) is 0 Å². The summed E-state index contributed by atoms with van der Waals surface area (Å²) in [6.07, 6.45) is 3.17. The fourth-order valence-corrected chi connectivity index (χ4v) is 4.26. The van der Waals surface area contributed by atoms with Crippen LogP contribution in [0, 0.1) is 17.2 Å². The van der Waals surface area contributed by atoms with Crippen LogP contribution in [-0.4, -0.2) is 49.6 Å². The zero-order valence-corrected chi connectivity index (χ0v) is 12.8. The Balaban J connectivity index is 1.52. The first-order valence-corrected chi connectivity index (χ1v) is 8.57. The molecule has 2 heterocycles. The van der Waals surface area contributed by atoms with Crippen LogP contribution in [0.1, 0.15) is 18.4 Å². The van der Waals surface area contributed by atoms with Crippen molar-refractivity contribution in [3.05, 3.63) is 23.9 Å². The molecule has 0 N–H and O–H groups in total. The predicted molar refractivity (Wildman–Crippen MR) is 79.2 cm³/mol. The molecule has 1 saturated heterocycles. The Morgan fingerprint density at radius 2 is 2.14 bits per heavy atom. The monoisotopic (exact) mass is 306 g/mol. The normalized spacial score (nSPS) is 19.4. The molecule has 21 heavy (non-hydrogen) atoms. The van der Waals surface area contributed by atoms with Crippen LogP contribution in [0.25, 0.3) is 0 Å². The van der Waals surface area contributed by atoms with Gasteiger partial charge in [-0.3, -0.25) is 0 Å². The summed E-state index contributed by atoms with van der Waals surface area (Å²) in [5.74, 6) is 1.19. The average Bonchev–Trinajstić information content (AvgIpc) is 3.27. The van der Waals surface area contributed by atoms with Gasteiger partial charge < -0.3 is 4.90 Å². The summed E-state index contributed by atoms with van der Waals surface area (Å²) in [5.41, 5.74) is 0.547. The number of pyridine rings is 1. The highest BCUT2D eigenvalue weighted by Crippen LogP contribution is 2.31. The molecule has 112 valence electrons. The third-order valence-corrected chi connectivity index (χ3v) is 6.39. The van der Waals surface area contributed by atoms with Crippen molar-refractivity contribution in [1.82, 2.24) is 9.29 Å². The van der Waals surface area contributed by atoms with E-state index in [1.54, 1.807) is 19.3 Å². The Morgan fingerprint density at radius 1 is 1.43 bits per heavy atom. The van der Waals surface area contributed by atoms with Gasteiger partial charge in [0, 0.05) is 38.8 Å². The molecule has 0 aromatic carbocycles. The fraction of sp³-hybridized carbons (Fsp3) is 0.571. The van der Waals surface area contributed by atoms with Crippen molar-refractivity contribution in [2.75, 3.05) is 31.6 Å². The van der Waals surface area contributed by atoms with Crippen LogP contribution in [-0.2, 0) is 10.0 Å². The van der Waals surface area contributed by atoms with E-state index in [0.717, 1.165) is 31.7 Å². The number of rotatable bonds is 5. The molecule has 2 fully saturated rings. The summed E-state index contributed by atoms with van der Waals surface area (Å²) in [6, 6.07) is 5.62. The number of nitrogens with zero attached hydrogens (tertiary/aromatic N) is 4. The fourth-order valence-electron chi connectivity index (χ4n) is 2.60. The standard InChI is InChI=1S/C14H18N4O2S/c1-17(21(19,20)13-3-4-13)8-12-9-18(10-12)14-5-2-11(6-15)7-16-14/h2,5,7,12-13H,3-4,8-10H2,1H3. The Kier molecular flexibility index (Phi) is 3.59. The molecule has 3 rings (SSSR count). The van der Waals surface area contributed by atoms with Crippen LogP contribution in [0.15, 0.2) is 18.3 Å². The van der Waals surface area contributed by atoms with E-state index in [1.165, 1.54) is 4.31 Å². The average molecular weight is 306 g/mol. The van der Waals surface area contributed by atoms with E-state index >= 15 is 0 Å². The van der Waals surface area contributed by atoms with Crippen molar-refractivity contribution < 1.29 is 8.42 Å². The van der Waals surface area contributed by atoms with Crippen molar-refractivity contribution in [2.24, 2.45) is 5.92 Å². The van der Waals surface area contributed by atoms with E-state index in [0.29, 0.717) is 18.0 Å². The molecule has 0 bridgehead atoms. The number of aromatic nitrogens is 1. The third kappa shape index (κ3) is 2.87. The van der Waals surface area contributed by atoms with Gasteiger partial charge in [-0.1, -0.05) is 0 Å². The minimum atomic E-state index is -3.07. The Morgan fingerprint density at radius 3 is 2.67 bits per heavy atom. The second-order valence-electron chi connectivity index (χ2n) is 5.81. The zero-order valence-electron chi connectivity index (χ0n) is 11.9. The van der Waals surface area contributed by atoms with Crippen LogP contribution in [0.4, 0.5) is 5.82 Å². The molecule has 7 heteroatoms. The number of anilines is 1. The highest BCUT2D eigenvalue weighted by molar-refractivity contribution is 7.90. The zero-order chi connectivity index (χ0) is 15.0. The quantitative estimate of drug-likeness (QED) is 0.804. The van der Waals surface area contributed by atoms with Crippen LogP contribution in [0.2, 0.25) is 0 Å². The highest BCUT2D eigenvalue weighted by atomic mass is 32.2. The van der Waals surface area contributed by atoms with Crippen molar-refractivity contribution in [1.29, 1.82) is 5.26 Å². The minimum Gasteiger partial charge on any atom is -0.356 e. The Bertz CT molecular complexity index is 655. The van der Waals surface area contributed by atoms with Gasteiger partial charge in [0.05, 0.1) is 10.8 Å². The lowest BCUT2D eigenvalue weighted by molar-refractivity contribution is 0.325. The Hall–Kier alpha value is -1.65. The van der Waals surface area contributed by atoms with Gasteiger partial charge in [0.15, 0.2) is 0 Å². The molecule has 1 aromatic rings. The summed E-state index contributed by atoms with van der Waals surface area (Å²) in [4.78, 5) is 6.34. The summed E-state index contributed by atoms with van der Waals surface area (Å²) in [7, 11) is -1.39. The lowest BCUT2D eigenvalue weighted by Crippen LogP contribution is -2.52. The van der Waals surface area contributed by atoms with Gasteiger partial charge in [0.2, 0.25) is 10.0 Å². The van der Waals surface area contributed by atoms with E-state index in [-0.39, 0.29) is 5.25 Å². The lowest BCUT2D eigenvalue weighted by atomic mass is 10.0. The topological polar surface area (TPSA) is 77.3 Å². The van der Waals surface area contributed by atoms with E-state index in [4.69, 9.17) is 5.26 Å². The smallest absolute Gasteiger partial charge is 0.216 e. The summed E-state index contributed by atoms with van der Waals surface area (Å²) >= 11 is 0. The number of nitriles is 1.